The molecule has 0 unspecified atom stereocenters. The largest absolute Gasteiger partial charge is 0.444 e. The van der Waals surface area contributed by atoms with Gasteiger partial charge in [-0.05, 0) is 31.9 Å². The third-order valence-electron chi connectivity index (χ3n) is 3.33. The minimum Gasteiger partial charge on any atom is -0.444 e. The van der Waals surface area contributed by atoms with Crippen molar-refractivity contribution in [1.29, 1.82) is 0 Å². The van der Waals surface area contributed by atoms with Crippen LogP contribution in [0.4, 0.5) is 4.79 Å². The summed E-state index contributed by atoms with van der Waals surface area (Å²) in [5, 5.41) is 12.2. The number of ether oxygens (including phenoxy) is 1. The number of benzene rings is 1. The van der Waals surface area contributed by atoms with Crippen molar-refractivity contribution in [3.63, 3.8) is 0 Å². The first-order chi connectivity index (χ1) is 9.87. The number of rotatable bonds is 4. The van der Waals surface area contributed by atoms with E-state index < -0.39 is 11.7 Å². The van der Waals surface area contributed by atoms with E-state index in [1.165, 1.54) is 11.1 Å². The van der Waals surface area contributed by atoms with Crippen LogP contribution < -0.4 is 5.32 Å². The fourth-order valence-corrected chi connectivity index (χ4v) is 2.47. The maximum absolute atomic E-state index is 11.8. The van der Waals surface area contributed by atoms with E-state index in [9.17, 15) is 9.90 Å². The third-order valence-corrected chi connectivity index (χ3v) is 3.33. The van der Waals surface area contributed by atoms with Crippen LogP contribution in [0.2, 0.25) is 0 Å². The first-order valence-corrected chi connectivity index (χ1v) is 7.27. The van der Waals surface area contributed by atoms with Crippen LogP contribution in [-0.4, -0.2) is 40.9 Å². The van der Waals surface area contributed by atoms with Crippen molar-refractivity contribution in [2.75, 3.05) is 13.2 Å². The van der Waals surface area contributed by atoms with Gasteiger partial charge < -0.3 is 15.2 Å². The summed E-state index contributed by atoms with van der Waals surface area (Å²) in [5.74, 6) is 0. The highest BCUT2D eigenvalue weighted by molar-refractivity contribution is 5.68. The molecule has 0 spiro atoms. The Balaban J connectivity index is 1.85. The molecule has 21 heavy (non-hydrogen) atoms. The highest BCUT2D eigenvalue weighted by Crippen LogP contribution is 2.22. The second-order valence-corrected chi connectivity index (χ2v) is 6.46. The predicted octanol–water partition coefficient (Wildman–Crippen LogP) is 1.89. The summed E-state index contributed by atoms with van der Waals surface area (Å²) >= 11 is 0. The maximum atomic E-state index is 11.8. The Morgan fingerprint density at radius 3 is 2.38 bits per heavy atom. The number of nitrogens with one attached hydrogen (secondary N) is 1. The third kappa shape index (κ3) is 4.72. The molecule has 1 aliphatic rings. The first kappa shape index (κ1) is 15.8. The number of nitrogens with zero attached hydrogens (tertiary/aromatic N) is 1. The second kappa shape index (κ2) is 6.45. The van der Waals surface area contributed by atoms with E-state index in [0.717, 1.165) is 13.1 Å². The molecule has 0 radical (unpaired) electrons. The van der Waals surface area contributed by atoms with Crippen molar-refractivity contribution >= 4 is 6.09 Å². The molecule has 1 aromatic rings. The van der Waals surface area contributed by atoms with Crippen molar-refractivity contribution in [2.24, 2.45) is 0 Å². The zero-order valence-electron chi connectivity index (χ0n) is 12.9. The molecule has 5 heteroatoms. The number of carbonyl (C=O) groups excluding carboxylic acids is 1. The lowest BCUT2D eigenvalue weighted by Crippen LogP contribution is -2.46. The Labute approximate surface area is 125 Å². The summed E-state index contributed by atoms with van der Waals surface area (Å²) in [4.78, 5) is 14.0. The lowest BCUT2D eigenvalue weighted by atomic mass is 10.1. The van der Waals surface area contributed by atoms with E-state index in [0.29, 0.717) is 6.54 Å². The maximum Gasteiger partial charge on any atom is 0.407 e. The van der Waals surface area contributed by atoms with Crippen LogP contribution in [-0.2, 0) is 17.8 Å². The minimum atomic E-state index is -0.534. The van der Waals surface area contributed by atoms with E-state index >= 15 is 0 Å². The molecule has 0 aromatic heterocycles. The summed E-state index contributed by atoms with van der Waals surface area (Å²) in [6, 6.07) is 7.97. The van der Waals surface area contributed by atoms with Crippen molar-refractivity contribution in [1.82, 2.24) is 10.2 Å². The SMILES string of the molecule is CC(C)(C)OC(=O)N[C@@H](CO)CN1Cc2ccccc2C1. The number of amides is 1. The molecule has 1 aromatic carbocycles. The molecule has 0 aliphatic carbocycles. The van der Waals surface area contributed by atoms with Crippen molar-refractivity contribution in [3.8, 4) is 0 Å². The average Bonchev–Trinajstić information content (AvgIpc) is 2.77. The minimum absolute atomic E-state index is 0.105. The van der Waals surface area contributed by atoms with Gasteiger partial charge in [-0.1, -0.05) is 24.3 Å². The van der Waals surface area contributed by atoms with Crippen LogP contribution in [0.1, 0.15) is 31.9 Å². The second-order valence-electron chi connectivity index (χ2n) is 6.46. The van der Waals surface area contributed by atoms with Crippen LogP contribution in [0, 0.1) is 0 Å². The van der Waals surface area contributed by atoms with Gasteiger partial charge in [0.05, 0.1) is 12.6 Å². The number of hydrogen-bond donors (Lipinski definition) is 2. The number of aliphatic hydroxyl groups excluding tert-OH is 1. The molecular formula is C16H24N2O3. The normalized spacial score (nSPS) is 16.4. The van der Waals surface area contributed by atoms with Gasteiger partial charge in [-0.25, -0.2) is 4.79 Å². The molecule has 0 saturated heterocycles. The molecule has 116 valence electrons. The summed E-state index contributed by atoms with van der Waals surface area (Å²) in [6.07, 6.45) is -0.488. The molecule has 5 nitrogen and oxygen atoms in total. The quantitative estimate of drug-likeness (QED) is 0.889. The standard InChI is InChI=1S/C16H24N2O3/c1-16(2,3)21-15(20)17-14(11-19)10-18-8-12-6-4-5-7-13(12)9-18/h4-7,14,19H,8-11H2,1-3H3,(H,17,20)/t14-/m1/s1. The zero-order chi connectivity index (χ0) is 15.5. The van der Waals surface area contributed by atoms with Crippen LogP contribution in [0.5, 0.6) is 0 Å². The number of hydrogen-bond acceptors (Lipinski definition) is 4. The van der Waals surface area contributed by atoms with Crippen molar-refractivity contribution < 1.29 is 14.6 Å². The highest BCUT2D eigenvalue weighted by Gasteiger charge is 2.24. The Kier molecular flexibility index (Phi) is 4.85. The van der Waals surface area contributed by atoms with Crippen LogP contribution in [0.25, 0.3) is 0 Å². The Hall–Kier alpha value is -1.59. The first-order valence-electron chi connectivity index (χ1n) is 7.27. The molecular weight excluding hydrogens is 268 g/mol. The van der Waals surface area contributed by atoms with Gasteiger partial charge in [-0.3, -0.25) is 4.90 Å². The molecule has 1 amide bonds. The van der Waals surface area contributed by atoms with Crippen molar-refractivity contribution in [2.45, 2.75) is 45.5 Å². The lowest BCUT2D eigenvalue weighted by molar-refractivity contribution is 0.0463. The number of aliphatic hydroxyl groups is 1. The van der Waals surface area contributed by atoms with E-state index in [4.69, 9.17) is 4.74 Å². The molecule has 2 rings (SSSR count). The summed E-state index contributed by atoms with van der Waals surface area (Å²) in [5.41, 5.74) is 2.09. The van der Waals surface area contributed by atoms with Gasteiger partial charge >= 0.3 is 6.09 Å². The molecule has 0 bridgehead atoms. The van der Waals surface area contributed by atoms with Gasteiger partial charge in [0.2, 0.25) is 0 Å². The molecule has 1 heterocycles. The van der Waals surface area contributed by atoms with Gasteiger partial charge in [0.25, 0.3) is 0 Å². The summed E-state index contributed by atoms with van der Waals surface area (Å²) in [7, 11) is 0. The lowest BCUT2D eigenvalue weighted by Gasteiger charge is -2.25. The Morgan fingerprint density at radius 1 is 1.33 bits per heavy atom. The molecule has 1 atom stereocenters. The Bertz CT molecular complexity index is 472. The number of fused-ring (bicyclic) bond motifs is 1. The number of carbonyl (C=O) groups is 1. The van der Waals surface area contributed by atoms with E-state index in [-0.39, 0.29) is 12.6 Å². The summed E-state index contributed by atoms with van der Waals surface area (Å²) in [6.45, 7) is 7.65. The molecule has 1 aliphatic heterocycles. The molecule has 2 N–H and O–H groups in total. The van der Waals surface area contributed by atoms with E-state index in [1.807, 2.05) is 32.9 Å². The Morgan fingerprint density at radius 2 is 1.90 bits per heavy atom. The molecule has 0 fully saturated rings. The van der Waals surface area contributed by atoms with Gasteiger partial charge in [-0.2, -0.15) is 0 Å². The van der Waals surface area contributed by atoms with E-state index in [2.05, 4.69) is 22.3 Å². The van der Waals surface area contributed by atoms with Crippen LogP contribution >= 0.6 is 0 Å². The van der Waals surface area contributed by atoms with Gasteiger partial charge in [0, 0.05) is 19.6 Å². The average molecular weight is 292 g/mol. The summed E-state index contributed by atoms with van der Waals surface area (Å²) < 4.78 is 5.22. The fourth-order valence-electron chi connectivity index (χ4n) is 2.47. The predicted molar refractivity (Wildman–Crippen MR) is 80.8 cm³/mol. The van der Waals surface area contributed by atoms with Gasteiger partial charge in [-0.15, -0.1) is 0 Å². The molecule has 0 saturated carbocycles. The smallest absolute Gasteiger partial charge is 0.407 e. The monoisotopic (exact) mass is 292 g/mol. The van der Waals surface area contributed by atoms with E-state index in [1.54, 1.807) is 0 Å². The number of alkyl carbamates (subject to hydrolysis) is 1. The van der Waals surface area contributed by atoms with Gasteiger partial charge in [0.1, 0.15) is 5.60 Å². The van der Waals surface area contributed by atoms with Crippen molar-refractivity contribution in [3.05, 3.63) is 35.4 Å². The van der Waals surface area contributed by atoms with Gasteiger partial charge in [0.15, 0.2) is 0 Å². The van der Waals surface area contributed by atoms with Crippen LogP contribution in [0.15, 0.2) is 24.3 Å². The highest BCUT2D eigenvalue weighted by atomic mass is 16.6. The zero-order valence-corrected chi connectivity index (χ0v) is 12.9. The fraction of sp³-hybridized carbons (Fsp3) is 0.562. The van der Waals surface area contributed by atoms with Crippen LogP contribution in [0.3, 0.4) is 0 Å². The topological polar surface area (TPSA) is 61.8 Å².